The number of aryl methyl sites for hydroxylation is 1. The lowest BCUT2D eigenvalue weighted by atomic mass is 9.95. The van der Waals surface area contributed by atoms with Gasteiger partial charge in [0.2, 0.25) is 0 Å². The van der Waals surface area contributed by atoms with Crippen molar-refractivity contribution in [2.45, 2.75) is 30.6 Å². The number of ether oxygens (including phenoxy) is 1. The van der Waals surface area contributed by atoms with E-state index in [1.807, 2.05) is 0 Å². The van der Waals surface area contributed by atoms with Gasteiger partial charge in [0.25, 0.3) is 5.91 Å². The Morgan fingerprint density at radius 1 is 1.25 bits per heavy atom. The molecule has 0 unspecified atom stereocenters. The molecule has 1 aliphatic rings. The molecule has 0 saturated carbocycles. The van der Waals surface area contributed by atoms with Gasteiger partial charge < -0.3 is 4.74 Å². The molecule has 3 aromatic rings. The quantitative estimate of drug-likeness (QED) is 0.685. The smallest absolute Gasteiger partial charge is 0.264 e. The van der Waals surface area contributed by atoms with Gasteiger partial charge in [-0.05, 0) is 49.9 Å². The van der Waals surface area contributed by atoms with Crippen LogP contribution in [0.3, 0.4) is 0 Å². The lowest BCUT2D eigenvalue weighted by Crippen LogP contribution is -2.21. The second-order valence-electron chi connectivity index (χ2n) is 6.70. The van der Waals surface area contributed by atoms with Gasteiger partial charge in [-0.15, -0.1) is 0 Å². The molecule has 0 saturated heterocycles. The molecule has 0 spiro atoms. The number of carbonyl (C=O) groups excluding carboxylic acids is 1. The maximum Gasteiger partial charge on any atom is 0.264 e. The summed E-state index contributed by atoms with van der Waals surface area (Å²) in [5.41, 5.74) is 2.78. The van der Waals surface area contributed by atoms with Crippen LogP contribution < -0.4 is 10.1 Å². The van der Waals surface area contributed by atoms with Crippen LogP contribution in [0.2, 0.25) is 0 Å². The Hall–Kier alpha value is -2.52. The molecular weight excluding hydrogens is 398 g/mol. The van der Waals surface area contributed by atoms with Gasteiger partial charge in [0.05, 0.1) is 15.1 Å². The highest BCUT2D eigenvalue weighted by Gasteiger charge is 2.17. The molecule has 0 atom stereocenters. The highest BCUT2D eigenvalue weighted by atomic mass is 32.2. The number of benzene rings is 1. The molecule has 0 fully saturated rings. The number of hydrogen-bond donors (Lipinski definition) is 1. The second-order valence-corrected chi connectivity index (χ2v) is 9.75. The third-order valence-electron chi connectivity index (χ3n) is 4.59. The summed E-state index contributed by atoms with van der Waals surface area (Å²) in [5, 5.41) is 3.13. The van der Waals surface area contributed by atoms with E-state index in [0.29, 0.717) is 21.1 Å². The molecule has 0 aliphatic heterocycles. The Labute approximate surface area is 166 Å². The van der Waals surface area contributed by atoms with Crippen LogP contribution in [-0.2, 0) is 27.5 Å². The number of amides is 1. The maximum absolute atomic E-state index is 12.3. The fraction of sp³-hybridized carbons (Fsp3) is 0.316. The normalized spacial score (nSPS) is 13.9. The molecular formula is C19H19N3O4S2. The number of nitrogens with zero attached hydrogens (tertiary/aromatic N) is 2. The SMILES string of the molecule is CS(=O)(=O)c1ccc2nc(NC(=O)COc3ccnc4c3CCCC4)sc2c1. The molecule has 7 nitrogen and oxygen atoms in total. The number of anilines is 1. The molecule has 9 heteroatoms. The summed E-state index contributed by atoms with van der Waals surface area (Å²) in [5.74, 6) is 0.394. The van der Waals surface area contributed by atoms with Gasteiger partial charge in [-0.3, -0.25) is 15.1 Å². The predicted molar refractivity (Wildman–Crippen MR) is 108 cm³/mol. The van der Waals surface area contributed by atoms with Gasteiger partial charge in [-0.25, -0.2) is 13.4 Å². The van der Waals surface area contributed by atoms with Crippen molar-refractivity contribution in [1.29, 1.82) is 0 Å². The predicted octanol–water partition coefficient (Wildman–Crippen LogP) is 2.99. The third kappa shape index (κ3) is 4.00. The van der Waals surface area contributed by atoms with E-state index in [1.165, 1.54) is 17.4 Å². The lowest BCUT2D eigenvalue weighted by molar-refractivity contribution is -0.118. The van der Waals surface area contributed by atoms with Crippen molar-refractivity contribution in [3.05, 3.63) is 41.7 Å². The van der Waals surface area contributed by atoms with Crippen LogP contribution in [0.5, 0.6) is 5.75 Å². The number of carbonyl (C=O) groups is 1. The van der Waals surface area contributed by atoms with Gasteiger partial charge in [0, 0.05) is 23.7 Å². The zero-order valence-corrected chi connectivity index (χ0v) is 16.9. The van der Waals surface area contributed by atoms with E-state index >= 15 is 0 Å². The van der Waals surface area contributed by atoms with Crippen molar-refractivity contribution >= 4 is 42.4 Å². The highest BCUT2D eigenvalue weighted by molar-refractivity contribution is 7.90. The number of sulfone groups is 1. The molecule has 2 heterocycles. The van der Waals surface area contributed by atoms with Crippen molar-refractivity contribution in [1.82, 2.24) is 9.97 Å². The summed E-state index contributed by atoms with van der Waals surface area (Å²) in [7, 11) is -3.29. The first-order valence-electron chi connectivity index (χ1n) is 8.90. The van der Waals surface area contributed by atoms with E-state index in [0.717, 1.165) is 43.2 Å². The fourth-order valence-electron chi connectivity index (χ4n) is 3.22. The minimum atomic E-state index is -3.29. The van der Waals surface area contributed by atoms with Crippen molar-refractivity contribution in [3.63, 3.8) is 0 Å². The molecule has 4 rings (SSSR count). The van der Waals surface area contributed by atoms with Crippen LogP contribution >= 0.6 is 11.3 Å². The third-order valence-corrected chi connectivity index (χ3v) is 6.63. The number of pyridine rings is 1. The Bertz CT molecular complexity index is 1160. The summed E-state index contributed by atoms with van der Waals surface area (Å²) in [6, 6.07) is 6.51. The van der Waals surface area contributed by atoms with Gasteiger partial charge in [0.15, 0.2) is 21.6 Å². The Balaban J connectivity index is 1.44. The summed E-state index contributed by atoms with van der Waals surface area (Å²) in [4.78, 5) is 21.2. The molecule has 1 N–H and O–H groups in total. The Morgan fingerprint density at radius 2 is 2.07 bits per heavy atom. The zero-order valence-electron chi connectivity index (χ0n) is 15.3. The van der Waals surface area contributed by atoms with Crippen molar-refractivity contribution in [2.75, 3.05) is 18.2 Å². The van der Waals surface area contributed by atoms with Crippen LogP contribution in [0.4, 0.5) is 5.13 Å². The van der Waals surface area contributed by atoms with Crippen LogP contribution in [0, 0.1) is 0 Å². The van der Waals surface area contributed by atoms with Crippen molar-refractivity contribution in [2.24, 2.45) is 0 Å². The van der Waals surface area contributed by atoms with Crippen LogP contribution in [0.15, 0.2) is 35.4 Å². The number of aromatic nitrogens is 2. The van der Waals surface area contributed by atoms with E-state index in [4.69, 9.17) is 4.74 Å². The minimum Gasteiger partial charge on any atom is -0.483 e. The molecule has 2 aromatic heterocycles. The molecule has 0 bridgehead atoms. The number of fused-ring (bicyclic) bond motifs is 2. The summed E-state index contributed by atoms with van der Waals surface area (Å²) < 4.78 is 29.8. The minimum absolute atomic E-state index is 0.124. The molecule has 146 valence electrons. The topological polar surface area (TPSA) is 98.2 Å². The van der Waals surface area contributed by atoms with Crippen LogP contribution in [0.1, 0.15) is 24.1 Å². The fourth-order valence-corrected chi connectivity index (χ4v) is 4.86. The second kappa shape index (κ2) is 7.48. The van der Waals surface area contributed by atoms with E-state index in [2.05, 4.69) is 15.3 Å². The Kier molecular flexibility index (Phi) is 5.03. The highest BCUT2D eigenvalue weighted by Crippen LogP contribution is 2.29. The van der Waals surface area contributed by atoms with Crippen LogP contribution in [-0.4, -0.2) is 37.2 Å². The molecule has 0 radical (unpaired) electrons. The van der Waals surface area contributed by atoms with Gasteiger partial charge >= 0.3 is 0 Å². The molecule has 1 amide bonds. The summed E-state index contributed by atoms with van der Waals surface area (Å²) >= 11 is 1.23. The van der Waals surface area contributed by atoms with Gasteiger partial charge in [0.1, 0.15) is 5.75 Å². The first-order valence-corrected chi connectivity index (χ1v) is 11.6. The van der Waals surface area contributed by atoms with Crippen molar-refractivity contribution in [3.8, 4) is 5.75 Å². The molecule has 1 aliphatic carbocycles. The van der Waals surface area contributed by atoms with Gasteiger partial charge in [-0.2, -0.15) is 0 Å². The molecule has 1 aromatic carbocycles. The van der Waals surface area contributed by atoms with E-state index in [9.17, 15) is 13.2 Å². The number of hydrogen-bond acceptors (Lipinski definition) is 7. The first kappa shape index (κ1) is 18.8. The van der Waals surface area contributed by atoms with Gasteiger partial charge in [-0.1, -0.05) is 11.3 Å². The lowest BCUT2D eigenvalue weighted by Gasteiger charge is -2.18. The summed E-state index contributed by atoms with van der Waals surface area (Å²) in [6.45, 7) is -0.124. The summed E-state index contributed by atoms with van der Waals surface area (Å²) in [6.07, 6.45) is 6.96. The number of thiazole rings is 1. The first-order chi connectivity index (χ1) is 13.4. The Morgan fingerprint density at radius 3 is 2.89 bits per heavy atom. The van der Waals surface area contributed by atoms with E-state index in [1.54, 1.807) is 24.4 Å². The van der Waals surface area contributed by atoms with Crippen molar-refractivity contribution < 1.29 is 17.9 Å². The average Bonchev–Trinajstić information content (AvgIpc) is 3.07. The average molecular weight is 418 g/mol. The number of rotatable bonds is 5. The monoisotopic (exact) mass is 417 g/mol. The molecule has 28 heavy (non-hydrogen) atoms. The van der Waals surface area contributed by atoms with E-state index in [-0.39, 0.29) is 17.4 Å². The largest absolute Gasteiger partial charge is 0.483 e. The van der Waals surface area contributed by atoms with E-state index < -0.39 is 9.84 Å². The number of nitrogens with one attached hydrogen (secondary N) is 1. The standard InChI is InChI=1S/C19H19N3O4S2/c1-28(24,25)12-6-7-15-17(10-12)27-19(21-15)22-18(23)11-26-16-8-9-20-14-5-3-2-4-13(14)16/h6-10H,2-5,11H2,1H3,(H,21,22,23). The van der Waals surface area contributed by atoms with Crippen LogP contribution in [0.25, 0.3) is 10.2 Å². The zero-order chi connectivity index (χ0) is 19.7. The maximum atomic E-state index is 12.3.